The Balaban J connectivity index is 1.84. The maximum atomic E-state index is 16.3. The molecule has 4 heterocycles. The van der Waals surface area contributed by atoms with Gasteiger partial charge in [0, 0.05) is 37.4 Å². The van der Waals surface area contributed by atoms with Crippen LogP contribution in [0.5, 0.6) is 0 Å². The summed E-state index contributed by atoms with van der Waals surface area (Å²) < 4.78 is 17.7. The molecule has 1 saturated heterocycles. The van der Waals surface area contributed by atoms with Gasteiger partial charge in [0.05, 0.1) is 32.5 Å². The number of rotatable bonds is 6. The molecular formula is C33H33B2FN6O2. The fourth-order valence-electron chi connectivity index (χ4n) is 5.77. The number of carbonyl (C=O) groups excluding carboxylic acids is 1. The summed E-state index contributed by atoms with van der Waals surface area (Å²) in [5, 5.41) is 0.472. The van der Waals surface area contributed by atoms with Crippen LogP contribution in [-0.2, 0) is 4.79 Å². The van der Waals surface area contributed by atoms with E-state index in [1.807, 2.05) is 44.7 Å². The number of pyridine rings is 2. The number of nitrogens with zero attached hydrogens (tertiary/aromatic N) is 6. The van der Waals surface area contributed by atoms with Crippen LogP contribution in [0.15, 0.2) is 65.4 Å². The Morgan fingerprint density at radius 2 is 1.89 bits per heavy atom. The second-order valence-corrected chi connectivity index (χ2v) is 11.4. The molecule has 4 radical (unpaired) electrons. The summed E-state index contributed by atoms with van der Waals surface area (Å²) in [4.78, 5) is 44.0. The third-order valence-corrected chi connectivity index (χ3v) is 8.13. The van der Waals surface area contributed by atoms with Crippen molar-refractivity contribution in [3.05, 3.63) is 93.7 Å². The molecule has 0 N–H and O–H groups in total. The highest BCUT2D eigenvalue weighted by Gasteiger charge is 2.30. The number of hydrogen-bond donors (Lipinski definition) is 0. The predicted octanol–water partition coefficient (Wildman–Crippen LogP) is 4.66. The van der Waals surface area contributed by atoms with Crippen LogP contribution in [-0.4, -0.2) is 71.7 Å². The Morgan fingerprint density at radius 3 is 2.55 bits per heavy atom. The van der Waals surface area contributed by atoms with Crippen LogP contribution in [0.1, 0.15) is 50.4 Å². The van der Waals surface area contributed by atoms with Crippen LogP contribution in [0.25, 0.3) is 33.6 Å². The fraction of sp³-hybridized carbons (Fsp3) is 0.303. The van der Waals surface area contributed by atoms with Crippen molar-refractivity contribution in [3.63, 3.8) is 0 Å². The monoisotopic (exact) mass is 586 g/mol. The van der Waals surface area contributed by atoms with Crippen molar-refractivity contribution in [3.8, 4) is 16.9 Å². The summed E-state index contributed by atoms with van der Waals surface area (Å²) >= 11 is 0. The van der Waals surface area contributed by atoms with Gasteiger partial charge in [-0.25, -0.2) is 18.7 Å². The molecule has 8 nitrogen and oxygen atoms in total. The molecule has 0 unspecified atom stereocenters. The van der Waals surface area contributed by atoms with E-state index >= 15 is 4.39 Å². The van der Waals surface area contributed by atoms with E-state index in [0.29, 0.717) is 58.9 Å². The van der Waals surface area contributed by atoms with Crippen LogP contribution in [0.2, 0.25) is 0 Å². The molecule has 0 aliphatic carbocycles. The average Bonchev–Trinajstić information content (AvgIpc) is 3.00. The molecule has 1 aliphatic heterocycles. The largest absolute Gasteiger partial charge is 0.355 e. The van der Waals surface area contributed by atoms with Crippen molar-refractivity contribution in [1.82, 2.24) is 24.4 Å². The lowest BCUT2D eigenvalue weighted by atomic mass is 9.73. The molecule has 44 heavy (non-hydrogen) atoms. The van der Waals surface area contributed by atoms with Crippen molar-refractivity contribution >= 4 is 44.0 Å². The van der Waals surface area contributed by atoms with Gasteiger partial charge in [0.25, 0.3) is 0 Å². The van der Waals surface area contributed by atoms with Gasteiger partial charge in [-0.15, -0.1) is 0 Å². The number of allylic oxidation sites excluding steroid dienone is 1. The summed E-state index contributed by atoms with van der Waals surface area (Å²) in [5.41, 5.74) is 3.45. The zero-order chi connectivity index (χ0) is 31.9. The molecule has 0 saturated carbocycles. The summed E-state index contributed by atoms with van der Waals surface area (Å²) in [6.07, 6.45) is 2.99. The third-order valence-electron chi connectivity index (χ3n) is 8.13. The van der Waals surface area contributed by atoms with Gasteiger partial charge in [0.15, 0.2) is 5.65 Å². The van der Waals surface area contributed by atoms with E-state index in [1.54, 1.807) is 36.2 Å². The maximum Gasteiger partial charge on any atom is 0.355 e. The number of aryl methyl sites for hydroxylation is 1. The van der Waals surface area contributed by atoms with Gasteiger partial charge >= 0.3 is 5.69 Å². The summed E-state index contributed by atoms with van der Waals surface area (Å²) in [5.74, 6) is -0.484. The lowest BCUT2D eigenvalue weighted by Crippen LogP contribution is -2.54. The highest BCUT2D eigenvalue weighted by Crippen LogP contribution is 2.35. The van der Waals surface area contributed by atoms with Gasteiger partial charge in [-0.3, -0.25) is 9.78 Å². The van der Waals surface area contributed by atoms with Crippen LogP contribution in [0, 0.1) is 12.7 Å². The quantitative estimate of drug-likeness (QED) is 0.242. The molecule has 0 bridgehead atoms. The van der Waals surface area contributed by atoms with Crippen molar-refractivity contribution in [1.29, 1.82) is 0 Å². The van der Waals surface area contributed by atoms with Gasteiger partial charge in [-0.2, -0.15) is 10.4 Å². The van der Waals surface area contributed by atoms with Crippen LogP contribution >= 0.6 is 0 Å². The lowest BCUT2D eigenvalue weighted by Gasteiger charge is -2.40. The first-order valence-electron chi connectivity index (χ1n) is 14.5. The Labute approximate surface area is 259 Å². The lowest BCUT2D eigenvalue weighted by molar-refractivity contribution is -0.126. The van der Waals surface area contributed by atoms with Crippen molar-refractivity contribution < 1.29 is 9.18 Å². The van der Waals surface area contributed by atoms with Gasteiger partial charge in [0.1, 0.15) is 17.3 Å². The molecule has 3 aromatic heterocycles. The first-order valence-corrected chi connectivity index (χ1v) is 14.5. The van der Waals surface area contributed by atoms with Gasteiger partial charge < -0.3 is 9.80 Å². The Bertz CT molecular complexity index is 1880. The number of carbonyl (C=O) groups is 1. The van der Waals surface area contributed by atoms with E-state index in [2.05, 4.69) is 16.5 Å². The predicted molar refractivity (Wildman–Crippen MR) is 175 cm³/mol. The zero-order valence-corrected chi connectivity index (χ0v) is 25.6. The number of aromatic nitrogens is 4. The maximum absolute atomic E-state index is 16.3. The van der Waals surface area contributed by atoms with E-state index in [0.717, 1.165) is 5.56 Å². The molecule has 1 aliphatic rings. The van der Waals surface area contributed by atoms with Crippen molar-refractivity contribution in [2.24, 2.45) is 0 Å². The number of halogens is 1. The second-order valence-electron chi connectivity index (χ2n) is 11.4. The Hall–Kier alpha value is -4.53. The molecular weight excluding hydrogens is 553 g/mol. The van der Waals surface area contributed by atoms with Crippen LogP contribution < -0.4 is 10.6 Å². The standard InChI is InChI=1S/C33H33B2FN6O2/c1-7-26(43)40-14-15-41(20(5)17-40)31-24-16-25(36)28(23-11-9-8-10-22(23)21(6)30(34)35)38-32(24)42(33(44)39-31)29-19(4)12-13-37-27(29)18(2)3/h7-13,16,18,20H,1,14-15,17H2,2-6H3/t20-/m0/s1. The molecule has 5 rings (SSSR count). The smallest absolute Gasteiger partial charge is 0.350 e. The number of benzene rings is 1. The fourth-order valence-corrected chi connectivity index (χ4v) is 5.77. The van der Waals surface area contributed by atoms with Gasteiger partial charge in [0.2, 0.25) is 5.91 Å². The minimum Gasteiger partial charge on any atom is -0.350 e. The first-order chi connectivity index (χ1) is 20.9. The van der Waals surface area contributed by atoms with E-state index in [4.69, 9.17) is 20.7 Å². The summed E-state index contributed by atoms with van der Waals surface area (Å²) in [7, 11) is 11.8. The number of fused-ring (bicyclic) bond motifs is 1. The Morgan fingerprint density at radius 1 is 1.16 bits per heavy atom. The molecule has 1 aromatic carbocycles. The average molecular weight is 586 g/mol. The zero-order valence-electron chi connectivity index (χ0n) is 25.6. The van der Waals surface area contributed by atoms with E-state index in [-0.39, 0.29) is 34.6 Å². The number of amides is 1. The summed E-state index contributed by atoms with van der Waals surface area (Å²) in [6, 6.07) is 10.1. The molecule has 1 atom stereocenters. The summed E-state index contributed by atoms with van der Waals surface area (Å²) in [6.45, 7) is 14.3. The SMILES string of the molecule is [B]C([B])=C(C)c1ccccc1-c1nc2c(cc1F)c(N1CCN(C(=O)C=C)C[C@@H]1C)nc(=O)n2-c1c(C)ccnc1C(C)C. The number of hydrogen-bond acceptors (Lipinski definition) is 6. The van der Waals surface area contributed by atoms with E-state index < -0.39 is 11.5 Å². The number of anilines is 1. The third kappa shape index (κ3) is 5.47. The highest BCUT2D eigenvalue weighted by molar-refractivity contribution is 6.51. The van der Waals surface area contributed by atoms with E-state index in [9.17, 15) is 9.59 Å². The highest BCUT2D eigenvalue weighted by atomic mass is 19.1. The molecule has 4 aromatic rings. The van der Waals surface area contributed by atoms with Crippen molar-refractivity contribution in [2.75, 3.05) is 24.5 Å². The minimum absolute atomic E-state index is 0.0250. The second kappa shape index (κ2) is 12.2. The van der Waals surface area contributed by atoms with E-state index in [1.165, 1.54) is 16.7 Å². The molecule has 1 amide bonds. The van der Waals surface area contributed by atoms with Gasteiger partial charge in [-0.05, 0) is 56.0 Å². The van der Waals surface area contributed by atoms with Crippen molar-refractivity contribution in [2.45, 2.75) is 46.6 Å². The molecule has 1 fully saturated rings. The topological polar surface area (TPSA) is 84.2 Å². The number of piperazine rings is 1. The minimum atomic E-state index is -0.596. The normalized spacial score (nSPS) is 15.1. The molecule has 11 heteroatoms. The molecule has 220 valence electrons. The van der Waals surface area contributed by atoms with Gasteiger partial charge in [-0.1, -0.05) is 50.3 Å². The first kappa shape index (κ1) is 30.9. The Kier molecular flexibility index (Phi) is 8.59. The van der Waals surface area contributed by atoms with Crippen LogP contribution in [0.4, 0.5) is 10.2 Å². The van der Waals surface area contributed by atoms with Crippen LogP contribution in [0.3, 0.4) is 0 Å². The molecule has 0 spiro atoms.